The molecule has 0 spiro atoms. The minimum Gasteiger partial charge on any atom is -0.294 e. The van der Waals surface area contributed by atoms with Gasteiger partial charge in [0.2, 0.25) is 11.0 Å². The van der Waals surface area contributed by atoms with Crippen molar-refractivity contribution < 1.29 is 4.79 Å². The number of para-hydroxylation sites is 1. The summed E-state index contributed by atoms with van der Waals surface area (Å²) in [5.41, 5.74) is 1.70. The Hall–Kier alpha value is -3.39. The third-order valence-corrected chi connectivity index (χ3v) is 5.84. The Labute approximate surface area is 178 Å². The minimum atomic E-state index is -0.408. The lowest BCUT2D eigenvalue weighted by atomic mass is 10.1. The fraction of sp³-hybridized carbons (Fsp3) is 0.227. The molecule has 0 aliphatic rings. The van der Waals surface area contributed by atoms with Crippen molar-refractivity contribution in [3.8, 4) is 17.1 Å². The number of aromatic nitrogens is 5. The fourth-order valence-electron chi connectivity index (χ4n) is 3.17. The SMILES string of the molecule is CCC(CC)c1nnc(NC(=O)c2nc(-c3ccccc3)n(-c3ccccc3)n2)s1. The Morgan fingerprint density at radius 1 is 1.00 bits per heavy atom. The van der Waals surface area contributed by atoms with Gasteiger partial charge < -0.3 is 0 Å². The number of hydrogen-bond donors (Lipinski definition) is 1. The highest BCUT2D eigenvalue weighted by atomic mass is 32.1. The van der Waals surface area contributed by atoms with Crippen LogP contribution in [0.1, 0.15) is 48.2 Å². The maximum absolute atomic E-state index is 12.8. The molecule has 0 bridgehead atoms. The normalized spacial score (nSPS) is 11.0. The van der Waals surface area contributed by atoms with Crippen LogP contribution in [0.5, 0.6) is 0 Å². The van der Waals surface area contributed by atoms with Crippen LogP contribution in [-0.2, 0) is 0 Å². The van der Waals surface area contributed by atoms with Crippen molar-refractivity contribution in [2.45, 2.75) is 32.6 Å². The molecule has 1 amide bonds. The molecular formula is C22H22N6OS. The number of benzene rings is 2. The van der Waals surface area contributed by atoms with Gasteiger partial charge in [-0.3, -0.25) is 10.1 Å². The van der Waals surface area contributed by atoms with Crippen LogP contribution in [0, 0.1) is 0 Å². The van der Waals surface area contributed by atoms with Crippen molar-refractivity contribution in [1.29, 1.82) is 0 Å². The van der Waals surface area contributed by atoms with E-state index >= 15 is 0 Å². The van der Waals surface area contributed by atoms with E-state index in [1.165, 1.54) is 11.3 Å². The molecular weight excluding hydrogens is 396 g/mol. The first-order valence-electron chi connectivity index (χ1n) is 9.92. The summed E-state index contributed by atoms with van der Waals surface area (Å²) in [5.74, 6) is 0.626. The van der Waals surface area contributed by atoms with Gasteiger partial charge in [-0.05, 0) is 25.0 Å². The summed E-state index contributed by atoms with van der Waals surface area (Å²) in [7, 11) is 0. The number of amides is 1. The molecule has 0 aliphatic carbocycles. The lowest BCUT2D eigenvalue weighted by Gasteiger charge is -2.05. The first-order chi connectivity index (χ1) is 14.7. The summed E-state index contributed by atoms with van der Waals surface area (Å²) < 4.78 is 1.68. The number of carbonyl (C=O) groups excluding carboxylic acids is 1. The van der Waals surface area contributed by atoms with Crippen LogP contribution in [0.3, 0.4) is 0 Å². The van der Waals surface area contributed by atoms with E-state index in [-0.39, 0.29) is 5.82 Å². The molecule has 2 aromatic heterocycles. The zero-order valence-corrected chi connectivity index (χ0v) is 17.6. The molecule has 0 fully saturated rings. The molecule has 0 unspecified atom stereocenters. The third kappa shape index (κ3) is 4.13. The van der Waals surface area contributed by atoms with Crippen LogP contribution < -0.4 is 5.32 Å². The Kier molecular flexibility index (Phi) is 5.94. The van der Waals surface area contributed by atoms with Crippen molar-refractivity contribution in [2.24, 2.45) is 0 Å². The van der Waals surface area contributed by atoms with Gasteiger partial charge in [0.05, 0.1) is 5.69 Å². The van der Waals surface area contributed by atoms with E-state index in [2.05, 4.69) is 39.4 Å². The summed E-state index contributed by atoms with van der Waals surface area (Å²) in [5, 5.41) is 17.0. The van der Waals surface area contributed by atoms with E-state index in [9.17, 15) is 4.79 Å². The van der Waals surface area contributed by atoms with Gasteiger partial charge in [-0.1, -0.05) is 73.7 Å². The highest BCUT2D eigenvalue weighted by Crippen LogP contribution is 2.28. The average molecular weight is 419 g/mol. The zero-order chi connectivity index (χ0) is 20.9. The summed E-state index contributed by atoms with van der Waals surface area (Å²) in [6.07, 6.45) is 1.98. The number of hydrogen-bond acceptors (Lipinski definition) is 6. The molecule has 7 nitrogen and oxygen atoms in total. The topological polar surface area (TPSA) is 85.6 Å². The average Bonchev–Trinajstić information content (AvgIpc) is 3.44. The highest BCUT2D eigenvalue weighted by molar-refractivity contribution is 7.15. The molecule has 4 aromatic rings. The zero-order valence-electron chi connectivity index (χ0n) is 16.8. The van der Waals surface area contributed by atoms with Crippen LogP contribution in [0.25, 0.3) is 17.1 Å². The third-order valence-electron chi connectivity index (χ3n) is 4.84. The largest absolute Gasteiger partial charge is 0.297 e. The first kappa shape index (κ1) is 19.9. The molecule has 0 saturated carbocycles. The second-order valence-corrected chi connectivity index (χ2v) is 7.79. The quantitative estimate of drug-likeness (QED) is 0.459. The molecule has 0 radical (unpaired) electrons. The van der Waals surface area contributed by atoms with Gasteiger partial charge in [0.25, 0.3) is 5.91 Å². The predicted molar refractivity (Wildman–Crippen MR) is 118 cm³/mol. The van der Waals surface area contributed by atoms with Gasteiger partial charge in [0.15, 0.2) is 5.82 Å². The second kappa shape index (κ2) is 8.96. The van der Waals surface area contributed by atoms with Crippen LogP contribution in [0.15, 0.2) is 60.7 Å². The standard InChI is InChI=1S/C22H22N6OS/c1-3-15(4-2)21-25-26-22(30-21)24-20(29)18-23-19(16-11-7-5-8-12-16)28(27-18)17-13-9-6-10-14-17/h5-15H,3-4H2,1-2H3,(H,24,26,29). The van der Waals surface area contributed by atoms with Crippen molar-refractivity contribution in [3.63, 3.8) is 0 Å². The van der Waals surface area contributed by atoms with E-state index < -0.39 is 5.91 Å². The molecule has 8 heteroatoms. The van der Waals surface area contributed by atoms with E-state index in [0.717, 1.165) is 29.1 Å². The highest BCUT2D eigenvalue weighted by Gasteiger charge is 2.21. The lowest BCUT2D eigenvalue weighted by molar-refractivity contribution is 0.101. The van der Waals surface area contributed by atoms with Gasteiger partial charge in [-0.15, -0.1) is 15.3 Å². The van der Waals surface area contributed by atoms with Gasteiger partial charge in [-0.25, -0.2) is 9.67 Å². The molecule has 30 heavy (non-hydrogen) atoms. The minimum absolute atomic E-state index is 0.0805. The van der Waals surface area contributed by atoms with Crippen LogP contribution in [0.4, 0.5) is 5.13 Å². The number of nitrogens with one attached hydrogen (secondary N) is 1. The summed E-state index contributed by atoms with van der Waals surface area (Å²) in [6.45, 7) is 4.25. The van der Waals surface area contributed by atoms with Crippen LogP contribution in [-0.4, -0.2) is 30.9 Å². The van der Waals surface area contributed by atoms with E-state index in [0.29, 0.717) is 16.9 Å². The molecule has 152 valence electrons. The molecule has 2 aromatic carbocycles. The van der Waals surface area contributed by atoms with Crippen LogP contribution in [0.2, 0.25) is 0 Å². The number of carbonyl (C=O) groups is 1. The van der Waals surface area contributed by atoms with Gasteiger partial charge in [0.1, 0.15) is 5.01 Å². The smallest absolute Gasteiger partial charge is 0.294 e. The number of nitrogens with zero attached hydrogens (tertiary/aromatic N) is 5. The van der Waals surface area contributed by atoms with Gasteiger partial charge in [-0.2, -0.15) is 0 Å². The van der Waals surface area contributed by atoms with Gasteiger partial charge >= 0.3 is 0 Å². The second-order valence-electron chi connectivity index (χ2n) is 6.79. The molecule has 1 N–H and O–H groups in total. The van der Waals surface area contributed by atoms with Gasteiger partial charge in [0, 0.05) is 11.5 Å². The van der Waals surface area contributed by atoms with Crippen molar-refractivity contribution >= 4 is 22.4 Å². The monoisotopic (exact) mass is 418 g/mol. The Balaban J connectivity index is 1.64. The fourth-order valence-corrected chi connectivity index (χ4v) is 4.18. The van der Waals surface area contributed by atoms with E-state index in [4.69, 9.17) is 0 Å². The Morgan fingerprint density at radius 3 is 2.33 bits per heavy atom. The van der Waals surface area contributed by atoms with E-state index in [1.54, 1.807) is 4.68 Å². The molecule has 0 saturated heterocycles. The summed E-state index contributed by atoms with van der Waals surface area (Å²) in [4.78, 5) is 17.4. The maximum Gasteiger partial charge on any atom is 0.297 e. The van der Waals surface area contributed by atoms with Crippen molar-refractivity contribution in [2.75, 3.05) is 5.32 Å². The van der Waals surface area contributed by atoms with E-state index in [1.807, 2.05) is 60.7 Å². The van der Waals surface area contributed by atoms with Crippen molar-refractivity contribution in [3.05, 3.63) is 71.5 Å². The predicted octanol–water partition coefficient (Wildman–Crippen LogP) is 4.94. The van der Waals surface area contributed by atoms with Crippen molar-refractivity contribution in [1.82, 2.24) is 25.0 Å². The summed E-state index contributed by atoms with van der Waals surface area (Å²) in [6, 6.07) is 19.3. The Bertz CT molecular complexity index is 1060. The molecule has 4 rings (SSSR count). The number of anilines is 1. The lowest BCUT2D eigenvalue weighted by Crippen LogP contribution is -2.14. The molecule has 0 aliphatic heterocycles. The Morgan fingerprint density at radius 2 is 1.67 bits per heavy atom. The summed E-state index contributed by atoms with van der Waals surface area (Å²) >= 11 is 1.40. The van der Waals surface area contributed by atoms with Crippen LogP contribution >= 0.6 is 11.3 Å². The first-order valence-corrected chi connectivity index (χ1v) is 10.7. The maximum atomic E-state index is 12.8. The molecule has 2 heterocycles. The molecule has 0 atom stereocenters. The number of rotatable bonds is 7.